The molecule has 0 unspecified atom stereocenters. The third-order valence-electron chi connectivity index (χ3n) is 1.44. The van der Waals surface area contributed by atoms with Crippen LogP contribution in [0.4, 0.5) is 0 Å². The highest BCUT2D eigenvalue weighted by molar-refractivity contribution is 7.57. The molecule has 14 heavy (non-hydrogen) atoms. The van der Waals surface area contributed by atoms with Gasteiger partial charge in [0.25, 0.3) is 7.59 Å². The Bertz CT molecular complexity index is 149. The molecule has 0 fully saturated rings. The molecule has 0 bridgehead atoms. The van der Waals surface area contributed by atoms with Crippen LogP contribution in [0.1, 0.15) is 0 Å². The first-order chi connectivity index (χ1) is 6.68. The third-order valence-corrected chi connectivity index (χ3v) is 3.44. The Morgan fingerprint density at radius 3 is 1.29 bits per heavy atom. The molecule has 0 aliphatic heterocycles. The first-order valence-corrected chi connectivity index (χ1v) is 6.35. The SMILES string of the molecule is NCCNP(=O)(NCCN)NCCN. The lowest BCUT2D eigenvalue weighted by Crippen LogP contribution is -2.38. The summed E-state index contributed by atoms with van der Waals surface area (Å²) >= 11 is 0. The minimum Gasteiger partial charge on any atom is -0.329 e. The van der Waals surface area contributed by atoms with Crippen LogP contribution in [0.3, 0.4) is 0 Å². The molecular formula is C6H21N6OP. The molecule has 9 N–H and O–H groups in total. The minimum absolute atomic E-state index is 0.429. The molecule has 0 aromatic heterocycles. The van der Waals surface area contributed by atoms with Crippen molar-refractivity contribution in [3.63, 3.8) is 0 Å². The first kappa shape index (κ1) is 14.0. The summed E-state index contributed by atoms with van der Waals surface area (Å²) in [6.45, 7) is 2.72. The average Bonchev–Trinajstić information content (AvgIpc) is 2.21. The number of hydrogen-bond donors (Lipinski definition) is 6. The summed E-state index contributed by atoms with van der Waals surface area (Å²) in [5, 5.41) is 8.44. The summed E-state index contributed by atoms with van der Waals surface area (Å²) in [6.07, 6.45) is 0. The van der Waals surface area contributed by atoms with E-state index in [1.54, 1.807) is 0 Å². The summed E-state index contributed by atoms with van der Waals surface area (Å²) in [6, 6.07) is 0. The van der Waals surface area contributed by atoms with Crippen molar-refractivity contribution in [1.29, 1.82) is 0 Å². The summed E-state index contributed by atoms with van der Waals surface area (Å²) in [5.74, 6) is 0. The van der Waals surface area contributed by atoms with Crippen molar-refractivity contribution < 1.29 is 4.57 Å². The van der Waals surface area contributed by atoms with E-state index in [-0.39, 0.29) is 0 Å². The van der Waals surface area contributed by atoms with Gasteiger partial charge >= 0.3 is 0 Å². The fourth-order valence-electron chi connectivity index (χ4n) is 0.834. The largest absolute Gasteiger partial charge is 0.329 e. The van der Waals surface area contributed by atoms with Gasteiger partial charge in [-0.2, -0.15) is 0 Å². The monoisotopic (exact) mass is 224 g/mol. The Labute approximate surface area is 84.7 Å². The van der Waals surface area contributed by atoms with E-state index in [2.05, 4.69) is 15.3 Å². The lowest BCUT2D eigenvalue weighted by atomic mass is 10.7. The van der Waals surface area contributed by atoms with Crippen LogP contribution >= 0.6 is 7.59 Å². The predicted molar refractivity (Wildman–Crippen MR) is 58.8 cm³/mol. The maximum Gasteiger partial charge on any atom is 0.279 e. The second-order valence-corrected chi connectivity index (χ2v) is 4.87. The van der Waals surface area contributed by atoms with E-state index in [4.69, 9.17) is 17.2 Å². The van der Waals surface area contributed by atoms with Gasteiger partial charge in [0.1, 0.15) is 0 Å². The molecule has 0 aliphatic rings. The molecule has 0 amide bonds. The molecule has 86 valence electrons. The zero-order valence-corrected chi connectivity index (χ0v) is 9.22. The molecule has 0 heterocycles. The lowest BCUT2D eigenvalue weighted by Gasteiger charge is -2.20. The summed E-state index contributed by atoms with van der Waals surface area (Å²) in [4.78, 5) is 0. The quantitative estimate of drug-likeness (QED) is 0.244. The number of hydrogen-bond acceptors (Lipinski definition) is 4. The third kappa shape index (κ3) is 6.44. The molecule has 8 heteroatoms. The zero-order valence-electron chi connectivity index (χ0n) is 8.33. The number of rotatable bonds is 9. The first-order valence-electron chi connectivity index (χ1n) is 4.64. The zero-order chi connectivity index (χ0) is 10.9. The van der Waals surface area contributed by atoms with Gasteiger partial charge in [0.2, 0.25) is 0 Å². The minimum atomic E-state index is -2.76. The molecule has 0 rings (SSSR count). The smallest absolute Gasteiger partial charge is 0.279 e. The van der Waals surface area contributed by atoms with E-state index in [9.17, 15) is 4.57 Å². The molecule has 0 saturated carbocycles. The van der Waals surface area contributed by atoms with E-state index in [1.165, 1.54) is 0 Å². The molecular weight excluding hydrogens is 203 g/mol. The van der Waals surface area contributed by atoms with E-state index < -0.39 is 7.59 Å². The molecule has 0 aromatic carbocycles. The molecule has 0 atom stereocenters. The second kappa shape index (κ2) is 8.31. The second-order valence-electron chi connectivity index (χ2n) is 2.70. The van der Waals surface area contributed by atoms with Gasteiger partial charge in [-0.05, 0) is 0 Å². The van der Waals surface area contributed by atoms with Crippen molar-refractivity contribution in [3.05, 3.63) is 0 Å². The van der Waals surface area contributed by atoms with Crippen LogP contribution in [-0.2, 0) is 4.57 Å². The molecule has 0 aromatic rings. The van der Waals surface area contributed by atoms with Crippen LogP contribution in [0.2, 0.25) is 0 Å². The van der Waals surface area contributed by atoms with Crippen molar-refractivity contribution in [2.45, 2.75) is 0 Å². The summed E-state index contributed by atoms with van der Waals surface area (Å²) in [7, 11) is -2.76. The van der Waals surface area contributed by atoms with Crippen molar-refractivity contribution in [1.82, 2.24) is 15.3 Å². The Morgan fingerprint density at radius 2 is 1.07 bits per heavy atom. The van der Waals surface area contributed by atoms with Crippen molar-refractivity contribution >= 4 is 7.59 Å². The molecule has 7 nitrogen and oxygen atoms in total. The van der Waals surface area contributed by atoms with Crippen LogP contribution in [0, 0.1) is 0 Å². The molecule has 0 spiro atoms. The average molecular weight is 224 g/mol. The molecule has 0 radical (unpaired) electrons. The Hall–Kier alpha value is -0.0100. The van der Waals surface area contributed by atoms with Crippen molar-refractivity contribution in [3.8, 4) is 0 Å². The predicted octanol–water partition coefficient (Wildman–Crippen LogP) is -2.26. The van der Waals surface area contributed by atoms with E-state index >= 15 is 0 Å². The van der Waals surface area contributed by atoms with Gasteiger partial charge in [0, 0.05) is 39.3 Å². The van der Waals surface area contributed by atoms with Crippen LogP contribution in [0.15, 0.2) is 0 Å². The van der Waals surface area contributed by atoms with Gasteiger partial charge in [-0.15, -0.1) is 0 Å². The number of nitrogens with two attached hydrogens (primary N) is 3. The topological polar surface area (TPSA) is 131 Å². The van der Waals surface area contributed by atoms with Gasteiger partial charge in [-0.1, -0.05) is 0 Å². The van der Waals surface area contributed by atoms with Gasteiger partial charge < -0.3 is 17.2 Å². The van der Waals surface area contributed by atoms with Crippen LogP contribution < -0.4 is 32.5 Å². The Morgan fingerprint density at radius 1 is 0.786 bits per heavy atom. The summed E-state index contributed by atoms with van der Waals surface area (Å²) in [5.41, 5.74) is 15.9. The van der Waals surface area contributed by atoms with Crippen LogP contribution in [-0.4, -0.2) is 39.3 Å². The van der Waals surface area contributed by atoms with Crippen molar-refractivity contribution in [2.75, 3.05) is 39.3 Å². The maximum absolute atomic E-state index is 12.0. The van der Waals surface area contributed by atoms with Gasteiger partial charge in [-0.3, -0.25) is 4.57 Å². The highest BCUT2D eigenvalue weighted by Crippen LogP contribution is 2.28. The van der Waals surface area contributed by atoms with E-state index in [0.29, 0.717) is 39.3 Å². The van der Waals surface area contributed by atoms with Gasteiger partial charge in [0.15, 0.2) is 0 Å². The van der Waals surface area contributed by atoms with Crippen LogP contribution in [0.5, 0.6) is 0 Å². The van der Waals surface area contributed by atoms with Crippen molar-refractivity contribution in [2.24, 2.45) is 17.2 Å². The number of nitrogens with one attached hydrogen (secondary N) is 3. The standard InChI is InChI=1S/C6H21N6OP/c7-1-4-10-14(13,11-5-2-8)12-6-3-9/h1-9H2,(H3,10,11,12,13). The molecule has 0 aliphatic carbocycles. The van der Waals surface area contributed by atoms with Gasteiger partial charge in [0.05, 0.1) is 0 Å². The highest BCUT2D eigenvalue weighted by Gasteiger charge is 2.18. The fourth-order valence-corrected chi connectivity index (χ4v) is 2.50. The fraction of sp³-hybridized carbons (Fsp3) is 1.00. The highest BCUT2D eigenvalue weighted by atomic mass is 31.2. The Kier molecular flexibility index (Phi) is 8.30. The lowest BCUT2D eigenvalue weighted by molar-refractivity contribution is 0.540. The van der Waals surface area contributed by atoms with Gasteiger partial charge in [-0.25, -0.2) is 15.3 Å². The van der Waals surface area contributed by atoms with Crippen LogP contribution in [0.25, 0.3) is 0 Å². The molecule has 0 saturated heterocycles. The summed E-state index contributed by atoms with van der Waals surface area (Å²) < 4.78 is 12.0. The maximum atomic E-state index is 12.0. The van der Waals surface area contributed by atoms with E-state index in [0.717, 1.165) is 0 Å². The Balaban J connectivity index is 3.97. The van der Waals surface area contributed by atoms with E-state index in [1.807, 2.05) is 0 Å². The normalized spacial score (nSPS) is 11.9.